The van der Waals surface area contributed by atoms with Crippen molar-refractivity contribution in [3.63, 3.8) is 0 Å². The van der Waals surface area contributed by atoms with Crippen LogP contribution in [0.25, 0.3) is 10.6 Å². The fraction of sp³-hybridized carbons (Fsp3) is 0.158. The number of benzene rings is 2. The van der Waals surface area contributed by atoms with E-state index in [-0.39, 0.29) is 12.4 Å². The molecule has 0 atom stereocenters. The molecule has 146 valence electrons. The van der Waals surface area contributed by atoms with E-state index in [0.717, 1.165) is 11.8 Å². The maximum Gasteiger partial charge on any atom is 0.337 e. The van der Waals surface area contributed by atoms with Gasteiger partial charge < -0.3 is 4.74 Å². The molecule has 0 saturated carbocycles. The van der Waals surface area contributed by atoms with Crippen molar-refractivity contribution < 1.29 is 22.3 Å². The summed E-state index contributed by atoms with van der Waals surface area (Å²) in [6.07, 6.45) is 1.11. The summed E-state index contributed by atoms with van der Waals surface area (Å²) in [5, 5.41) is 2.43. The summed E-state index contributed by atoms with van der Waals surface area (Å²) in [5.41, 5.74) is 2.05. The third-order valence-electron chi connectivity index (χ3n) is 3.93. The summed E-state index contributed by atoms with van der Waals surface area (Å²) in [4.78, 5) is 16.0. The Morgan fingerprint density at radius 3 is 2.36 bits per heavy atom. The van der Waals surface area contributed by atoms with Crippen molar-refractivity contribution in [2.75, 3.05) is 17.7 Å². The number of nitrogens with zero attached hydrogens (tertiary/aromatic N) is 2. The Hall–Kier alpha value is -2.78. The molecule has 3 rings (SSSR count). The molecule has 0 unspecified atom stereocenters. The van der Waals surface area contributed by atoms with Crippen LogP contribution in [0.15, 0.2) is 53.9 Å². The summed E-state index contributed by atoms with van der Waals surface area (Å²) >= 11 is 1.35. The van der Waals surface area contributed by atoms with Gasteiger partial charge in [-0.3, -0.25) is 4.31 Å². The monoisotopic (exact) mass is 420 g/mol. The highest BCUT2D eigenvalue weighted by molar-refractivity contribution is 7.92. The van der Waals surface area contributed by atoms with Crippen molar-refractivity contribution in [2.24, 2.45) is 0 Å². The average molecular weight is 420 g/mol. The van der Waals surface area contributed by atoms with Crippen LogP contribution in [0.5, 0.6) is 0 Å². The van der Waals surface area contributed by atoms with Crippen molar-refractivity contribution in [1.82, 2.24) is 4.98 Å². The molecule has 0 fully saturated rings. The molecule has 1 heterocycles. The first-order chi connectivity index (χ1) is 13.3. The van der Waals surface area contributed by atoms with E-state index in [0.29, 0.717) is 22.0 Å². The Kier molecular flexibility index (Phi) is 5.76. The average Bonchev–Trinajstić information content (AvgIpc) is 3.14. The molecular weight excluding hydrogens is 403 g/mol. The van der Waals surface area contributed by atoms with Gasteiger partial charge in [0.05, 0.1) is 36.9 Å². The van der Waals surface area contributed by atoms with Crippen LogP contribution in [-0.4, -0.2) is 32.7 Å². The Balaban J connectivity index is 1.86. The fourth-order valence-corrected chi connectivity index (χ4v) is 4.22. The highest BCUT2D eigenvalue weighted by atomic mass is 32.2. The minimum absolute atomic E-state index is 0.0358. The Morgan fingerprint density at radius 1 is 1.14 bits per heavy atom. The van der Waals surface area contributed by atoms with E-state index in [1.165, 1.54) is 47.0 Å². The van der Waals surface area contributed by atoms with Crippen molar-refractivity contribution >= 4 is 33.0 Å². The molecule has 0 saturated heterocycles. The number of esters is 1. The van der Waals surface area contributed by atoms with E-state index >= 15 is 0 Å². The second-order valence-corrected chi connectivity index (χ2v) is 8.72. The van der Waals surface area contributed by atoms with Gasteiger partial charge in [0.15, 0.2) is 0 Å². The third-order valence-corrected chi connectivity index (χ3v) is 6.01. The van der Waals surface area contributed by atoms with Gasteiger partial charge in [-0.1, -0.05) is 0 Å². The number of methoxy groups -OCH3 is 1. The number of ether oxygens (including phenoxy) is 1. The molecule has 0 spiro atoms. The first-order valence-electron chi connectivity index (χ1n) is 8.14. The Morgan fingerprint density at radius 2 is 1.79 bits per heavy atom. The van der Waals surface area contributed by atoms with Gasteiger partial charge in [0, 0.05) is 10.9 Å². The van der Waals surface area contributed by atoms with Crippen molar-refractivity contribution in [1.29, 1.82) is 0 Å². The maximum atomic E-state index is 13.1. The number of aromatic nitrogens is 1. The van der Waals surface area contributed by atoms with Gasteiger partial charge in [0.1, 0.15) is 10.8 Å². The van der Waals surface area contributed by atoms with Crippen LogP contribution >= 0.6 is 11.3 Å². The van der Waals surface area contributed by atoms with E-state index in [9.17, 15) is 17.6 Å². The van der Waals surface area contributed by atoms with E-state index in [4.69, 9.17) is 0 Å². The molecule has 2 aromatic carbocycles. The molecule has 0 radical (unpaired) electrons. The highest BCUT2D eigenvalue weighted by Gasteiger charge is 2.20. The van der Waals surface area contributed by atoms with Crippen LogP contribution in [-0.2, 0) is 21.3 Å². The summed E-state index contributed by atoms with van der Waals surface area (Å²) in [6.45, 7) is 0.0358. The molecule has 0 amide bonds. The van der Waals surface area contributed by atoms with Gasteiger partial charge in [-0.25, -0.2) is 22.6 Å². The number of carbonyl (C=O) groups excluding carboxylic acids is 1. The van der Waals surface area contributed by atoms with Gasteiger partial charge >= 0.3 is 5.97 Å². The number of sulfonamides is 1. The molecule has 9 heteroatoms. The van der Waals surface area contributed by atoms with Crippen molar-refractivity contribution in [3.05, 3.63) is 71.0 Å². The lowest BCUT2D eigenvalue weighted by molar-refractivity contribution is 0.0600. The van der Waals surface area contributed by atoms with Crippen LogP contribution < -0.4 is 4.31 Å². The molecule has 6 nitrogen and oxygen atoms in total. The Labute approximate surface area is 166 Å². The summed E-state index contributed by atoms with van der Waals surface area (Å²) in [6, 6.07) is 12.0. The Bertz CT molecular complexity index is 1080. The van der Waals surface area contributed by atoms with Gasteiger partial charge in [-0.15, -0.1) is 11.3 Å². The maximum absolute atomic E-state index is 13.1. The van der Waals surface area contributed by atoms with Crippen LogP contribution in [0.4, 0.5) is 10.1 Å². The molecular formula is C19H17FN2O4S2. The topological polar surface area (TPSA) is 76.6 Å². The predicted octanol–water partition coefficient (Wildman–Crippen LogP) is 3.70. The third kappa shape index (κ3) is 4.55. The van der Waals surface area contributed by atoms with E-state index in [2.05, 4.69) is 9.72 Å². The molecule has 28 heavy (non-hydrogen) atoms. The molecule has 0 bridgehead atoms. The number of thiazole rings is 1. The quantitative estimate of drug-likeness (QED) is 0.569. The zero-order valence-electron chi connectivity index (χ0n) is 15.1. The first-order valence-corrected chi connectivity index (χ1v) is 10.9. The van der Waals surface area contributed by atoms with Crippen LogP contribution in [0.2, 0.25) is 0 Å². The number of rotatable bonds is 6. The summed E-state index contributed by atoms with van der Waals surface area (Å²) in [5.74, 6) is -0.833. The minimum Gasteiger partial charge on any atom is -0.465 e. The standard InChI is InChI=1S/C19H17FN2O4S2/c1-26-19(23)14-5-9-17(10-6-14)22(28(2,24)25)11-16-12-27-18(21-16)13-3-7-15(20)8-4-13/h3-10,12H,11H2,1-2H3. The van der Waals surface area contributed by atoms with E-state index in [1.807, 2.05) is 0 Å². The summed E-state index contributed by atoms with van der Waals surface area (Å²) < 4.78 is 43.5. The minimum atomic E-state index is -3.58. The zero-order valence-corrected chi connectivity index (χ0v) is 16.8. The SMILES string of the molecule is COC(=O)c1ccc(N(Cc2csc(-c3ccc(F)cc3)n2)S(C)(=O)=O)cc1. The predicted molar refractivity (Wildman–Crippen MR) is 106 cm³/mol. The van der Waals surface area contributed by atoms with Crippen molar-refractivity contribution in [2.45, 2.75) is 6.54 Å². The molecule has 0 N–H and O–H groups in total. The zero-order chi connectivity index (χ0) is 20.3. The largest absolute Gasteiger partial charge is 0.465 e. The van der Waals surface area contributed by atoms with Gasteiger partial charge in [0.2, 0.25) is 10.0 Å². The number of halogens is 1. The van der Waals surface area contributed by atoms with Gasteiger partial charge in [-0.2, -0.15) is 0 Å². The molecule has 0 aliphatic carbocycles. The summed E-state index contributed by atoms with van der Waals surface area (Å²) in [7, 11) is -2.31. The number of hydrogen-bond donors (Lipinski definition) is 0. The van der Waals surface area contributed by atoms with E-state index in [1.54, 1.807) is 29.6 Å². The van der Waals surface area contributed by atoms with Crippen LogP contribution in [0.3, 0.4) is 0 Å². The molecule has 0 aliphatic heterocycles. The molecule has 1 aromatic heterocycles. The molecule has 0 aliphatic rings. The van der Waals surface area contributed by atoms with Gasteiger partial charge in [0.25, 0.3) is 0 Å². The lowest BCUT2D eigenvalue weighted by atomic mass is 10.2. The highest BCUT2D eigenvalue weighted by Crippen LogP contribution is 2.27. The second kappa shape index (κ2) is 8.07. The van der Waals surface area contributed by atoms with E-state index < -0.39 is 16.0 Å². The number of carbonyl (C=O) groups is 1. The molecule has 3 aromatic rings. The number of hydrogen-bond acceptors (Lipinski definition) is 6. The lowest BCUT2D eigenvalue weighted by Crippen LogP contribution is -2.29. The fourth-order valence-electron chi connectivity index (χ4n) is 2.53. The lowest BCUT2D eigenvalue weighted by Gasteiger charge is -2.21. The normalized spacial score (nSPS) is 11.2. The second-order valence-electron chi connectivity index (χ2n) is 5.96. The number of anilines is 1. The first kappa shape index (κ1) is 20.0. The van der Waals surface area contributed by atoms with Crippen molar-refractivity contribution in [3.8, 4) is 10.6 Å². The van der Waals surface area contributed by atoms with Crippen LogP contribution in [0, 0.1) is 5.82 Å². The van der Waals surface area contributed by atoms with Gasteiger partial charge in [-0.05, 0) is 48.5 Å². The smallest absolute Gasteiger partial charge is 0.337 e. The van der Waals surface area contributed by atoms with Crippen LogP contribution in [0.1, 0.15) is 16.1 Å².